The molecule has 2 nitrogen and oxygen atoms in total. The van der Waals surface area contributed by atoms with Crippen LogP contribution in [0.5, 0.6) is 0 Å². The summed E-state index contributed by atoms with van der Waals surface area (Å²) in [5.41, 5.74) is 2.74. The molecule has 0 spiro atoms. The van der Waals surface area contributed by atoms with Crippen molar-refractivity contribution in [3.8, 4) is 0 Å². The van der Waals surface area contributed by atoms with E-state index < -0.39 is 5.97 Å². The van der Waals surface area contributed by atoms with Crippen LogP contribution in [-0.2, 0) is 17.6 Å². The molecule has 80 valence electrons. The zero-order valence-electron chi connectivity index (χ0n) is 8.99. The van der Waals surface area contributed by atoms with Crippen molar-refractivity contribution in [1.82, 2.24) is 0 Å². The van der Waals surface area contributed by atoms with E-state index in [1.165, 1.54) is 5.56 Å². The molecule has 2 heteroatoms. The van der Waals surface area contributed by atoms with Gasteiger partial charge in [0.15, 0.2) is 0 Å². The molecule has 0 amide bonds. The highest BCUT2D eigenvalue weighted by molar-refractivity contribution is 5.85. The number of benzene rings is 1. The van der Waals surface area contributed by atoms with Crippen LogP contribution in [0.1, 0.15) is 24.5 Å². The fourth-order valence-corrected chi connectivity index (χ4v) is 1.34. The highest BCUT2D eigenvalue weighted by Gasteiger charge is 2.03. The van der Waals surface area contributed by atoms with Crippen LogP contribution in [0.4, 0.5) is 0 Å². The Balaban J connectivity index is 2.51. The van der Waals surface area contributed by atoms with Gasteiger partial charge in [-0.2, -0.15) is 0 Å². The molecule has 0 fully saturated rings. The van der Waals surface area contributed by atoms with Crippen LogP contribution in [-0.4, -0.2) is 11.1 Å². The Morgan fingerprint density at radius 3 is 2.27 bits per heavy atom. The Bertz CT molecular complexity index is 349. The number of aryl methyl sites for hydroxylation is 2. The molecule has 0 radical (unpaired) electrons. The third-order valence-corrected chi connectivity index (χ3v) is 2.45. The fourth-order valence-electron chi connectivity index (χ4n) is 1.34. The molecule has 1 rings (SSSR count). The van der Waals surface area contributed by atoms with Crippen molar-refractivity contribution >= 4 is 5.97 Å². The number of hydrogen-bond donors (Lipinski definition) is 1. The van der Waals surface area contributed by atoms with Gasteiger partial charge >= 0.3 is 5.97 Å². The van der Waals surface area contributed by atoms with Crippen molar-refractivity contribution in [2.24, 2.45) is 0 Å². The summed E-state index contributed by atoms with van der Waals surface area (Å²) < 4.78 is 0. The molecule has 0 saturated heterocycles. The lowest BCUT2D eigenvalue weighted by Crippen LogP contribution is -2.00. The topological polar surface area (TPSA) is 37.3 Å². The van der Waals surface area contributed by atoms with Gasteiger partial charge in [0.05, 0.1) is 0 Å². The van der Waals surface area contributed by atoms with E-state index in [0.29, 0.717) is 6.42 Å². The van der Waals surface area contributed by atoms with E-state index >= 15 is 0 Å². The van der Waals surface area contributed by atoms with Gasteiger partial charge in [-0.05, 0) is 30.4 Å². The molecule has 1 aromatic rings. The summed E-state index contributed by atoms with van der Waals surface area (Å²) in [7, 11) is 0. The lowest BCUT2D eigenvalue weighted by Gasteiger charge is -2.02. The summed E-state index contributed by atoms with van der Waals surface area (Å²) in [6, 6.07) is 8.26. The molecule has 0 aromatic heterocycles. The van der Waals surface area contributed by atoms with Crippen molar-refractivity contribution in [1.29, 1.82) is 0 Å². The Kier molecular flexibility index (Phi) is 4.10. The average Bonchev–Trinajstić information content (AvgIpc) is 2.26. The second kappa shape index (κ2) is 5.35. The van der Waals surface area contributed by atoms with Crippen molar-refractivity contribution in [2.45, 2.75) is 26.2 Å². The van der Waals surface area contributed by atoms with Gasteiger partial charge in [0.25, 0.3) is 0 Å². The summed E-state index contributed by atoms with van der Waals surface area (Å²) in [6.45, 7) is 5.62. The normalized spacial score (nSPS) is 9.93. The predicted octanol–water partition coefficient (Wildman–Crippen LogP) is 2.82. The molecular weight excluding hydrogens is 188 g/mol. The van der Waals surface area contributed by atoms with Crippen LogP contribution < -0.4 is 0 Å². The standard InChI is InChI=1S/C13H16O2/c1-3-11-6-8-12(9-7-11)5-4-10(2)13(14)15/h6-9H,2-5H2,1H3,(H,14,15). The Hall–Kier alpha value is -1.57. The number of carboxylic acid groups (broad SMARTS) is 1. The zero-order chi connectivity index (χ0) is 11.3. The number of aliphatic carboxylic acids is 1. The van der Waals surface area contributed by atoms with Crippen LogP contribution in [0.3, 0.4) is 0 Å². The molecule has 1 aromatic carbocycles. The average molecular weight is 204 g/mol. The number of carboxylic acids is 1. The van der Waals surface area contributed by atoms with E-state index in [-0.39, 0.29) is 5.57 Å². The fraction of sp³-hybridized carbons (Fsp3) is 0.308. The molecular formula is C13H16O2. The van der Waals surface area contributed by atoms with E-state index in [1.807, 2.05) is 12.1 Å². The third kappa shape index (κ3) is 3.58. The second-order valence-corrected chi connectivity index (χ2v) is 3.58. The van der Waals surface area contributed by atoms with Crippen LogP contribution in [0, 0.1) is 0 Å². The zero-order valence-corrected chi connectivity index (χ0v) is 8.99. The maximum absolute atomic E-state index is 10.5. The summed E-state index contributed by atoms with van der Waals surface area (Å²) in [5, 5.41) is 8.64. The summed E-state index contributed by atoms with van der Waals surface area (Å²) in [4.78, 5) is 10.5. The first-order valence-corrected chi connectivity index (χ1v) is 5.12. The van der Waals surface area contributed by atoms with Gasteiger partial charge in [-0.1, -0.05) is 37.8 Å². The Morgan fingerprint density at radius 1 is 1.27 bits per heavy atom. The van der Waals surface area contributed by atoms with E-state index in [1.54, 1.807) is 0 Å². The quantitative estimate of drug-likeness (QED) is 0.749. The van der Waals surface area contributed by atoms with Gasteiger partial charge in [-0.25, -0.2) is 4.79 Å². The van der Waals surface area contributed by atoms with Gasteiger partial charge in [0.1, 0.15) is 0 Å². The maximum atomic E-state index is 10.5. The van der Waals surface area contributed by atoms with Gasteiger partial charge in [-0.15, -0.1) is 0 Å². The smallest absolute Gasteiger partial charge is 0.330 e. The van der Waals surface area contributed by atoms with Gasteiger partial charge in [-0.3, -0.25) is 0 Å². The molecule has 15 heavy (non-hydrogen) atoms. The molecule has 0 heterocycles. The number of rotatable bonds is 5. The molecule has 0 bridgehead atoms. The second-order valence-electron chi connectivity index (χ2n) is 3.58. The minimum atomic E-state index is -0.903. The molecule has 0 aliphatic rings. The molecule has 1 N–H and O–H groups in total. The lowest BCUT2D eigenvalue weighted by molar-refractivity contribution is -0.132. The van der Waals surface area contributed by atoms with Crippen LogP contribution >= 0.6 is 0 Å². The van der Waals surface area contributed by atoms with Crippen LogP contribution in [0.15, 0.2) is 36.4 Å². The number of carbonyl (C=O) groups is 1. The van der Waals surface area contributed by atoms with Crippen LogP contribution in [0.2, 0.25) is 0 Å². The minimum absolute atomic E-state index is 0.273. The highest BCUT2D eigenvalue weighted by Crippen LogP contribution is 2.10. The van der Waals surface area contributed by atoms with Crippen molar-refractivity contribution in [3.63, 3.8) is 0 Å². The maximum Gasteiger partial charge on any atom is 0.330 e. The predicted molar refractivity (Wildman–Crippen MR) is 60.9 cm³/mol. The van der Waals surface area contributed by atoms with E-state index in [4.69, 9.17) is 5.11 Å². The largest absolute Gasteiger partial charge is 0.478 e. The van der Waals surface area contributed by atoms with Crippen molar-refractivity contribution in [2.75, 3.05) is 0 Å². The molecule has 0 aliphatic heterocycles. The van der Waals surface area contributed by atoms with Gasteiger partial charge in [0, 0.05) is 5.57 Å². The molecule has 0 aliphatic carbocycles. The SMILES string of the molecule is C=C(CCc1ccc(CC)cc1)C(=O)O. The molecule has 0 unspecified atom stereocenters. The van der Waals surface area contributed by atoms with Gasteiger partial charge < -0.3 is 5.11 Å². The summed E-state index contributed by atoms with van der Waals surface area (Å²) >= 11 is 0. The Morgan fingerprint density at radius 2 is 1.80 bits per heavy atom. The minimum Gasteiger partial charge on any atom is -0.478 e. The van der Waals surface area contributed by atoms with E-state index in [0.717, 1.165) is 18.4 Å². The lowest BCUT2D eigenvalue weighted by atomic mass is 10.0. The third-order valence-electron chi connectivity index (χ3n) is 2.45. The first-order valence-electron chi connectivity index (χ1n) is 5.12. The highest BCUT2D eigenvalue weighted by atomic mass is 16.4. The van der Waals surface area contributed by atoms with E-state index in [9.17, 15) is 4.79 Å². The summed E-state index contributed by atoms with van der Waals surface area (Å²) in [6.07, 6.45) is 2.29. The molecule has 0 saturated carbocycles. The molecule has 0 atom stereocenters. The first kappa shape index (κ1) is 11.5. The van der Waals surface area contributed by atoms with Crippen LogP contribution in [0.25, 0.3) is 0 Å². The van der Waals surface area contributed by atoms with Crippen molar-refractivity contribution in [3.05, 3.63) is 47.5 Å². The first-order chi connectivity index (χ1) is 7.13. The monoisotopic (exact) mass is 204 g/mol. The van der Waals surface area contributed by atoms with Gasteiger partial charge in [0.2, 0.25) is 0 Å². The summed E-state index contributed by atoms with van der Waals surface area (Å²) in [5.74, 6) is -0.903. The Labute approximate surface area is 90.3 Å². The van der Waals surface area contributed by atoms with Crippen molar-refractivity contribution < 1.29 is 9.90 Å². The van der Waals surface area contributed by atoms with E-state index in [2.05, 4.69) is 25.6 Å². The number of hydrogen-bond acceptors (Lipinski definition) is 1.